The molecule has 0 unspecified atom stereocenters. The van der Waals surface area contributed by atoms with Gasteiger partial charge in [-0.1, -0.05) is 47.5 Å². The first-order chi connectivity index (χ1) is 15.8. The van der Waals surface area contributed by atoms with Gasteiger partial charge in [-0.25, -0.2) is 8.42 Å². The standard InChI is InChI=1S/C23H21Cl2IN2O3S2/c24-21-11-6-17(14-22(21)25)16-32-13-12-27-23(29)15-28(19-9-7-18(26)8-10-19)33(30,31)20-4-2-1-3-5-20/h1-11,14H,12-13,15-16H2,(H,27,29). The van der Waals surface area contributed by atoms with Gasteiger partial charge in [-0.05, 0) is 76.7 Å². The van der Waals surface area contributed by atoms with Crippen LogP contribution >= 0.6 is 57.6 Å². The number of thioether (sulfide) groups is 1. The van der Waals surface area contributed by atoms with Crippen molar-refractivity contribution in [3.8, 4) is 0 Å². The van der Waals surface area contributed by atoms with Crippen LogP contribution in [0.5, 0.6) is 0 Å². The number of hydrogen-bond acceptors (Lipinski definition) is 4. The molecule has 0 saturated heterocycles. The highest BCUT2D eigenvalue weighted by Gasteiger charge is 2.26. The van der Waals surface area contributed by atoms with Gasteiger partial charge in [0.25, 0.3) is 10.0 Å². The highest BCUT2D eigenvalue weighted by atomic mass is 127. The molecule has 174 valence electrons. The number of anilines is 1. The fourth-order valence-electron chi connectivity index (χ4n) is 2.91. The molecule has 0 spiro atoms. The molecular formula is C23H21Cl2IN2O3S2. The topological polar surface area (TPSA) is 66.5 Å². The third-order valence-electron chi connectivity index (χ3n) is 4.55. The van der Waals surface area contributed by atoms with Crippen LogP contribution < -0.4 is 9.62 Å². The molecule has 1 amide bonds. The molecule has 1 N–H and O–H groups in total. The maximum atomic E-state index is 13.3. The number of sulfonamides is 1. The van der Waals surface area contributed by atoms with Crippen molar-refractivity contribution < 1.29 is 13.2 Å². The Morgan fingerprint density at radius 3 is 2.33 bits per heavy atom. The summed E-state index contributed by atoms with van der Waals surface area (Å²) in [6.07, 6.45) is 0. The largest absolute Gasteiger partial charge is 0.354 e. The summed E-state index contributed by atoms with van der Waals surface area (Å²) in [4.78, 5) is 12.8. The first-order valence-corrected chi connectivity index (χ1v) is 14.3. The number of halogens is 3. The Morgan fingerprint density at radius 1 is 0.970 bits per heavy atom. The van der Waals surface area contributed by atoms with E-state index in [-0.39, 0.29) is 17.3 Å². The van der Waals surface area contributed by atoms with Crippen molar-refractivity contribution in [1.29, 1.82) is 0 Å². The molecule has 0 aromatic heterocycles. The van der Waals surface area contributed by atoms with E-state index in [9.17, 15) is 13.2 Å². The van der Waals surface area contributed by atoms with Crippen molar-refractivity contribution in [2.24, 2.45) is 0 Å². The van der Waals surface area contributed by atoms with Crippen LogP contribution in [0.1, 0.15) is 5.56 Å². The summed E-state index contributed by atoms with van der Waals surface area (Å²) >= 11 is 15.7. The molecule has 0 radical (unpaired) electrons. The van der Waals surface area contributed by atoms with Crippen LogP contribution in [-0.4, -0.2) is 33.2 Å². The van der Waals surface area contributed by atoms with Crippen LogP contribution in [0.3, 0.4) is 0 Å². The molecule has 0 aliphatic heterocycles. The van der Waals surface area contributed by atoms with E-state index in [0.717, 1.165) is 19.2 Å². The Labute approximate surface area is 222 Å². The van der Waals surface area contributed by atoms with Gasteiger partial charge in [0.15, 0.2) is 0 Å². The molecule has 0 aliphatic carbocycles. The summed E-state index contributed by atoms with van der Waals surface area (Å²) in [6.45, 7) is 0.103. The fourth-order valence-corrected chi connectivity index (χ4v) is 5.84. The second-order valence-electron chi connectivity index (χ2n) is 6.95. The number of amides is 1. The van der Waals surface area contributed by atoms with Gasteiger partial charge in [0.05, 0.1) is 20.6 Å². The molecule has 0 fully saturated rings. The van der Waals surface area contributed by atoms with Gasteiger partial charge in [0.2, 0.25) is 5.91 Å². The van der Waals surface area contributed by atoms with Crippen molar-refractivity contribution >= 4 is 79.2 Å². The summed E-state index contributed by atoms with van der Waals surface area (Å²) in [5.41, 5.74) is 1.47. The Kier molecular flexibility index (Phi) is 9.75. The zero-order valence-electron chi connectivity index (χ0n) is 17.4. The summed E-state index contributed by atoms with van der Waals surface area (Å²) < 4.78 is 28.6. The normalized spacial score (nSPS) is 11.2. The number of nitrogens with zero attached hydrogens (tertiary/aromatic N) is 1. The average molecular weight is 635 g/mol. The number of carbonyl (C=O) groups excluding carboxylic acids is 1. The minimum absolute atomic E-state index is 0.133. The Morgan fingerprint density at radius 2 is 1.67 bits per heavy atom. The third-order valence-corrected chi connectivity index (χ3v) is 8.83. The lowest BCUT2D eigenvalue weighted by molar-refractivity contribution is -0.119. The fraction of sp³-hybridized carbons (Fsp3) is 0.174. The molecule has 0 heterocycles. The minimum Gasteiger partial charge on any atom is -0.354 e. The highest BCUT2D eigenvalue weighted by molar-refractivity contribution is 14.1. The molecule has 3 aromatic rings. The van der Waals surface area contributed by atoms with Crippen molar-refractivity contribution in [1.82, 2.24) is 5.32 Å². The average Bonchev–Trinajstić information content (AvgIpc) is 2.81. The first-order valence-electron chi connectivity index (χ1n) is 9.89. The van der Waals surface area contributed by atoms with E-state index in [2.05, 4.69) is 27.9 Å². The third kappa shape index (κ3) is 7.51. The quantitative estimate of drug-likeness (QED) is 0.225. The van der Waals surface area contributed by atoms with Gasteiger partial charge in [-0.2, -0.15) is 11.8 Å². The van der Waals surface area contributed by atoms with Crippen LogP contribution in [0.4, 0.5) is 5.69 Å². The predicted molar refractivity (Wildman–Crippen MR) is 146 cm³/mol. The minimum atomic E-state index is -3.90. The predicted octanol–water partition coefficient (Wildman–Crippen LogP) is 5.84. The van der Waals surface area contributed by atoms with Gasteiger partial charge >= 0.3 is 0 Å². The molecule has 0 saturated carbocycles. The molecule has 5 nitrogen and oxygen atoms in total. The number of rotatable bonds is 10. The van der Waals surface area contributed by atoms with Crippen LogP contribution in [0.25, 0.3) is 0 Å². The van der Waals surface area contributed by atoms with E-state index in [4.69, 9.17) is 23.2 Å². The van der Waals surface area contributed by atoms with Gasteiger partial charge in [-0.15, -0.1) is 0 Å². The van der Waals surface area contributed by atoms with Gasteiger partial charge < -0.3 is 5.32 Å². The number of nitrogens with one attached hydrogen (secondary N) is 1. The Balaban J connectivity index is 1.60. The van der Waals surface area contributed by atoms with E-state index in [0.29, 0.717) is 28.0 Å². The van der Waals surface area contributed by atoms with E-state index >= 15 is 0 Å². The first kappa shape index (κ1) is 26.2. The molecule has 0 bridgehead atoms. The second-order valence-corrected chi connectivity index (χ2v) is 12.0. The molecule has 0 aliphatic rings. The smallest absolute Gasteiger partial charge is 0.264 e. The molecule has 3 aromatic carbocycles. The van der Waals surface area contributed by atoms with Crippen molar-refractivity contribution in [2.75, 3.05) is 23.1 Å². The number of carbonyl (C=O) groups is 1. The second kappa shape index (κ2) is 12.3. The summed E-state index contributed by atoms with van der Waals surface area (Å²) in [7, 11) is -3.90. The van der Waals surface area contributed by atoms with E-state index in [1.54, 1.807) is 60.3 Å². The zero-order valence-corrected chi connectivity index (χ0v) is 22.7. The van der Waals surface area contributed by atoms with E-state index in [1.165, 1.54) is 12.1 Å². The molecule has 0 atom stereocenters. The van der Waals surface area contributed by atoms with E-state index in [1.807, 2.05) is 12.1 Å². The monoisotopic (exact) mass is 634 g/mol. The summed E-state index contributed by atoms with van der Waals surface area (Å²) in [5, 5.41) is 3.84. The molecular weight excluding hydrogens is 614 g/mol. The highest BCUT2D eigenvalue weighted by Crippen LogP contribution is 2.25. The van der Waals surface area contributed by atoms with Gasteiger partial charge in [0, 0.05) is 21.6 Å². The van der Waals surface area contributed by atoms with Crippen LogP contribution in [0, 0.1) is 3.57 Å². The van der Waals surface area contributed by atoms with Crippen LogP contribution in [0.2, 0.25) is 10.0 Å². The van der Waals surface area contributed by atoms with Crippen LogP contribution in [-0.2, 0) is 20.6 Å². The molecule has 10 heteroatoms. The summed E-state index contributed by atoms with van der Waals surface area (Å²) in [5.74, 6) is 1.02. The summed E-state index contributed by atoms with van der Waals surface area (Å²) in [6, 6.07) is 20.6. The Bertz CT molecular complexity index is 1190. The maximum Gasteiger partial charge on any atom is 0.264 e. The van der Waals surface area contributed by atoms with Crippen molar-refractivity contribution in [2.45, 2.75) is 10.6 Å². The molecule has 33 heavy (non-hydrogen) atoms. The number of hydrogen-bond donors (Lipinski definition) is 1. The van der Waals surface area contributed by atoms with Crippen LogP contribution in [0.15, 0.2) is 77.7 Å². The lowest BCUT2D eigenvalue weighted by Gasteiger charge is -2.24. The van der Waals surface area contributed by atoms with Crippen molar-refractivity contribution in [3.63, 3.8) is 0 Å². The zero-order chi connectivity index (χ0) is 23.8. The molecule has 3 rings (SSSR count). The Hall–Kier alpha value is -1.46. The lowest BCUT2D eigenvalue weighted by Crippen LogP contribution is -2.41. The van der Waals surface area contributed by atoms with Gasteiger partial charge in [0.1, 0.15) is 6.54 Å². The van der Waals surface area contributed by atoms with Crippen molar-refractivity contribution in [3.05, 3.63) is 92.0 Å². The maximum absolute atomic E-state index is 13.3. The number of benzene rings is 3. The van der Waals surface area contributed by atoms with E-state index < -0.39 is 10.0 Å². The lowest BCUT2D eigenvalue weighted by atomic mass is 10.2. The van der Waals surface area contributed by atoms with Gasteiger partial charge in [-0.3, -0.25) is 9.10 Å². The SMILES string of the molecule is O=C(CN(c1ccc(I)cc1)S(=O)(=O)c1ccccc1)NCCSCc1ccc(Cl)c(Cl)c1.